The van der Waals surface area contributed by atoms with Gasteiger partial charge in [-0.25, -0.2) is 5.10 Å². The van der Waals surface area contributed by atoms with E-state index in [9.17, 15) is 0 Å². The van der Waals surface area contributed by atoms with Gasteiger partial charge in [0.15, 0.2) is 5.82 Å². The maximum atomic E-state index is 6.05. The molecule has 0 radical (unpaired) electrons. The lowest BCUT2D eigenvalue weighted by molar-refractivity contribution is 0.286. The maximum Gasteiger partial charge on any atom is 0.216 e. The van der Waals surface area contributed by atoms with Gasteiger partial charge in [0.1, 0.15) is 12.4 Å². The van der Waals surface area contributed by atoms with Crippen LogP contribution in [0.25, 0.3) is 0 Å². The van der Waals surface area contributed by atoms with Crippen molar-refractivity contribution in [3.63, 3.8) is 0 Å². The molecular weight excluding hydrogens is 380 g/mol. The molecule has 3 aromatic rings. The van der Waals surface area contributed by atoms with E-state index in [1.807, 2.05) is 37.3 Å². The van der Waals surface area contributed by atoms with Crippen LogP contribution in [0.2, 0.25) is 5.02 Å². The Hall–Kier alpha value is -2.44. The second-order valence-corrected chi connectivity index (χ2v) is 7.36. The molecule has 0 atom stereocenters. The summed E-state index contributed by atoms with van der Waals surface area (Å²) in [7, 11) is 0. The van der Waals surface area contributed by atoms with Crippen molar-refractivity contribution in [2.75, 3.05) is 0 Å². The highest BCUT2D eigenvalue weighted by atomic mass is 35.5. The molecule has 0 fully saturated rings. The maximum absolute atomic E-state index is 6.05. The number of aryl methyl sites for hydroxylation is 1. The van der Waals surface area contributed by atoms with E-state index in [0.717, 1.165) is 22.4 Å². The summed E-state index contributed by atoms with van der Waals surface area (Å²) >= 11 is 11.3. The average molecular weight is 401 g/mol. The van der Waals surface area contributed by atoms with E-state index >= 15 is 0 Å². The normalized spacial score (nSPS) is 11.4. The molecule has 1 heterocycles. The Balaban J connectivity index is 1.82. The number of halogens is 1. The molecule has 1 N–H and O–H groups in total. The minimum atomic E-state index is 0.253. The van der Waals surface area contributed by atoms with Crippen molar-refractivity contribution < 1.29 is 4.74 Å². The molecule has 2 aromatic carbocycles. The second kappa shape index (κ2) is 8.50. The molecule has 0 bridgehead atoms. The zero-order chi connectivity index (χ0) is 19.4. The number of nitrogens with zero attached hydrogens (tertiary/aromatic N) is 3. The van der Waals surface area contributed by atoms with Crippen LogP contribution in [0, 0.1) is 11.7 Å². The first-order valence-electron chi connectivity index (χ1n) is 8.63. The van der Waals surface area contributed by atoms with Crippen LogP contribution in [0.15, 0.2) is 47.6 Å². The summed E-state index contributed by atoms with van der Waals surface area (Å²) in [6.45, 7) is 6.58. The van der Waals surface area contributed by atoms with E-state index in [-0.39, 0.29) is 6.61 Å². The van der Waals surface area contributed by atoms with Gasteiger partial charge in [-0.15, -0.1) is 0 Å². The Morgan fingerprint density at radius 1 is 1.30 bits per heavy atom. The van der Waals surface area contributed by atoms with Crippen molar-refractivity contribution in [2.24, 2.45) is 5.10 Å². The molecule has 7 heteroatoms. The molecule has 0 amide bonds. The number of hydrogen-bond acceptors (Lipinski definition) is 4. The van der Waals surface area contributed by atoms with E-state index in [1.54, 1.807) is 10.9 Å². The lowest BCUT2D eigenvalue weighted by Crippen LogP contribution is -2.06. The van der Waals surface area contributed by atoms with Gasteiger partial charge in [0.2, 0.25) is 4.77 Å². The van der Waals surface area contributed by atoms with E-state index in [2.05, 4.69) is 41.3 Å². The molecule has 1 aromatic heterocycles. The van der Waals surface area contributed by atoms with Gasteiger partial charge >= 0.3 is 0 Å². The highest BCUT2D eigenvalue weighted by Gasteiger charge is 2.11. The molecule has 140 valence electrons. The smallest absolute Gasteiger partial charge is 0.216 e. The molecule has 0 saturated carbocycles. The van der Waals surface area contributed by atoms with Crippen LogP contribution in [0.1, 0.15) is 42.3 Å². The van der Waals surface area contributed by atoms with Crippen LogP contribution in [0.4, 0.5) is 0 Å². The topological polar surface area (TPSA) is 55.2 Å². The molecule has 0 unspecified atom stereocenters. The fourth-order valence-corrected chi connectivity index (χ4v) is 3.03. The number of aromatic nitrogens is 3. The van der Waals surface area contributed by atoms with Crippen molar-refractivity contribution in [1.82, 2.24) is 14.9 Å². The molecule has 0 saturated heterocycles. The summed E-state index contributed by atoms with van der Waals surface area (Å²) in [4.78, 5) is 0. The molecule has 27 heavy (non-hydrogen) atoms. The fourth-order valence-electron chi connectivity index (χ4n) is 2.63. The predicted molar refractivity (Wildman–Crippen MR) is 111 cm³/mol. The number of rotatable bonds is 6. The fraction of sp³-hybridized carbons (Fsp3) is 0.250. The lowest BCUT2D eigenvalue weighted by Gasteiger charge is -2.14. The SMILES string of the molecule is Cc1ccc(C(C)C)c(OCc2n[nH]c(=S)n2/N=C\c2cccc(Cl)c2)c1. The monoisotopic (exact) mass is 400 g/mol. The first-order chi connectivity index (χ1) is 12.9. The average Bonchev–Trinajstić information content (AvgIpc) is 2.98. The summed E-state index contributed by atoms with van der Waals surface area (Å²) in [5, 5.41) is 12.1. The number of nitrogens with one attached hydrogen (secondary N) is 1. The first-order valence-corrected chi connectivity index (χ1v) is 9.42. The number of aromatic amines is 1. The third-order valence-corrected chi connectivity index (χ3v) is 4.54. The Kier molecular flexibility index (Phi) is 6.08. The minimum Gasteiger partial charge on any atom is -0.485 e. The van der Waals surface area contributed by atoms with Gasteiger partial charge in [0.05, 0.1) is 6.21 Å². The van der Waals surface area contributed by atoms with Crippen molar-refractivity contribution in [2.45, 2.75) is 33.3 Å². The standard InChI is InChI=1S/C20H21ClN4OS/c1-13(2)17-8-7-14(3)9-18(17)26-12-19-23-24-20(27)25(19)22-11-15-5-4-6-16(21)10-15/h4-11,13H,12H2,1-3H3,(H,24,27)/b22-11-. The number of hydrogen-bond donors (Lipinski definition) is 1. The number of benzene rings is 2. The molecule has 0 spiro atoms. The minimum absolute atomic E-state index is 0.253. The zero-order valence-corrected chi connectivity index (χ0v) is 17.0. The molecule has 0 aliphatic carbocycles. The van der Waals surface area contributed by atoms with Crippen molar-refractivity contribution in [1.29, 1.82) is 0 Å². The Bertz CT molecular complexity index is 1020. The summed E-state index contributed by atoms with van der Waals surface area (Å²) in [6, 6.07) is 13.7. The highest BCUT2D eigenvalue weighted by molar-refractivity contribution is 7.71. The van der Waals surface area contributed by atoms with Crippen LogP contribution in [-0.4, -0.2) is 21.1 Å². The lowest BCUT2D eigenvalue weighted by atomic mass is 10.0. The molecule has 5 nitrogen and oxygen atoms in total. The second-order valence-electron chi connectivity index (χ2n) is 6.54. The molecule has 3 rings (SSSR count). The summed E-state index contributed by atoms with van der Waals surface area (Å²) < 4.78 is 8.01. The summed E-state index contributed by atoms with van der Waals surface area (Å²) in [6.07, 6.45) is 1.69. The van der Waals surface area contributed by atoms with Crippen LogP contribution < -0.4 is 4.74 Å². The van der Waals surface area contributed by atoms with E-state index in [1.165, 1.54) is 0 Å². The van der Waals surface area contributed by atoms with Crippen LogP contribution in [0.3, 0.4) is 0 Å². The van der Waals surface area contributed by atoms with E-state index in [0.29, 0.717) is 21.5 Å². The Morgan fingerprint density at radius 2 is 2.11 bits per heavy atom. The largest absolute Gasteiger partial charge is 0.485 e. The van der Waals surface area contributed by atoms with Crippen LogP contribution in [0.5, 0.6) is 5.75 Å². The van der Waals surface area contributed by atoms with Gasteiger partial charge in [0, 0.05) is 5.02 Å². The van der Waals surface area contributed by atoms with Crippen molar-refractivity contribution in [3.05, 3.63) is 74.8 Å². The Labute approximate surface area is 168 Å². The molecular formula is C20H21ClN4OS. The van der Waals surface area contributed by atoms with Crippen LogP contribution >= 0.6 is 23.8 Å². The zero-order valence-electron chi connectivity index (χ0n) is 15.4. The predicted octanol–water partition coefficient (Wildman–Crippen LogP) is 5.49. The van der Waals surface area contributed by atoms with Crippen molar-refractivity contribution in [3.8, 4) is 5.75 Å². The van der Waals surface area contributed by atoms with Crippen molar-refractivity contribution >= 4 is 30.0 Å². The third kappa shape index (κ3) is 4.84. The summed E-state index contributed by atoms with van der Waals surface area (Å²) in [5.74, 6) is 1.81. The van der Waals surface area contributed by atoms with Gasteiger partial charge in [-0.05, 0) is 59.9 Å². The third-order valence-electron chi connectivity index (χ3n) is 4.04. The summed E-state index contributed by atoms with van der Waals surface area (Å²) in [5.41, 5.74) is 3.18. The van der Waals surface area contributed by atoms with Gasteiger partial charge in [-0.2, -0.15) is 14.9 Å². The quantitative estimate of drug-likeness (QED) is 0.439. The highest BCUT2D eigenvalue weighted by Crippen LogP contribution is 2.28. The van der Waals surface area contributed by atoms with Gasteiger partial charge < -0.3 is 4.74 Å². The number of H-pyrrole nitrogens is 1. The van der Waals surface area contributed by atoms with Crippen LogP contribution in [-0.2, 0) is 6.61 Å². The molecule has 0 aliphatic rings. The number of ether oxygens (including phenoxy) is 1. The van der Waals surface area contributed by atoms with E-state index in [4.69, 9.17) is 28.6 Å². The Morgan fingerprint density at radius 3 is 2.85 bits per heavy atom. The van der Waals surface area contributed by atoms with E-state index < -0.39 is 0 Å². The van der Waals surface area contributed by atoms with Gasteiger partial charge in [-0.3, -0.25) is 0 Å². The molecule has 0 aliphatic heterocycles. The first kappa shape index (κ1) is 19.3. The van der Waals surface area contributed by atoms with Gasteiger partial charge in [0.25, 0.3) is 0 Å². The van der Waals surface area contributed by atoms with Gasteiger partial charge in [-0.1, -0.05) is 49.7 Å².